The fraction of sp³-hybridized carbons (Fsp3) is 0.619. The number of nitrogens with zero attached hydrogens (tertiary/aromatic N) is 2. The molecule has 2 amide bonds. The third-order valence-electron chi connectivity index (χ3n) is 5.23. The topological polar surface area (TPSA) is 59.1 Å². The summed E-state index contributed by atoms with van der Waals surface area (Å²) in [5.41, 5.74) is 0.520. The second-order valence-electron chi connectivity index (χ2n) is 8.51. The molecule has 3 rings (SSSR count). The van der Waals surface area contributed by atoms with Gasteiger partial charge in [0.1, 0.15) is 12.2 Å². The van der Waals surface area contributed by atoms with Crippen LogP contribution in [-0.4, -0.2) is 53.8 Å². The van der Waals surface area contributed by atoms with Crippen molar-refractivity contribution in [3.8, 4) is 0 Å². The molecule has 0 N–H and O–H groups in total. The van der Waals surface area contributed by atoms with E-state index in [-0.39, 0.29) is 12.2 Å². The Kier molecular flexibility index (Phi) is 5.92. The summed E-state index contributed by atoms with van der Waals surface area (Å²) in [4.78, 5) is 28.3. The minimum absolute atomic E-state index is 0.227. The highest BCUT2D eigenvalue weighted by Crippen LogP contribution is 2.32. The summed E-state index contributed by atoms with van der Waals surface area (Å²) in [5.74, 6) is 0.842. The van der Waals surface area contributed by atoms with Crippen LogP contribution in [0.3, 0.4) is 0 Å². The number of benzene rings is 1. The van der Waals surface area contributed by atoms with E-state index in [1.165, 1.54) is 0 Å². The van der Waals surface area contributed by atoms with Crippen LogP contribution in [-0.2, 0) is 16.1 Å². The molecule has 0 saturated carbocycles. The van der Waals surface area contributed by atoms with Crippen LogP contribution in [0.5, 0.6) is 0 Å². The molecule has 2 saturated heterocycles. The first-order valence-corrected chi connectivity index (χ1v) is 9.75. The highest BCUT2D eigenvalue weighted by molar-refractivity contribution is 5.69. The van der Waals surface area contributed by atoms with Gasteiger partial charge < -0.3 is 19.3 Å². The van der Waals surface area contributed by atoms with Gasteiger partial charge in [0.05, 0.1) is 0 Å². The molecule has 0 bridgehead atoms. The molecule has 27 heavy (non-hydrogen) atoms. The average Bonchev–Trinajstić information content (AvgIpc) is 2.93. The van der Waals surface area contributed by atoms with Crippen LogP contribution in [0.4, 0.5) is 9.59 Å². The lowest BCUT2D eigenvalue weighted by Gasteiger charge is -2.25. The van der Waals surface area contributed by atoms with E-state index in [0.717, 1.165) is 18.4 Å². The Bertz CT molecular complexity index is 640. The molecule has 2 aliphatic rings. The van der Waals surface area contributed by atoms with Crippen LogP contribution in [0.15, 0.2) is 30.3 Å². The molecule has 2 aliphatic heterocycles. The zero-order valence-corrected chi connectivity index (χ0v) is 16.5. The van der Waals surface area contributed by atoms with E-state index in [9.17, 15) is 9.59 Å². The standard InChI is InChI=1S/C21H30N2O4/c1-21(2,3)27-20(25)23-13-17-9-11-22(12-10-18(17)14-23)19(24)26-15-16-7-5-4-6-8-16/h4-8,17-18H,9-15H2,1-3H3. The summed E-state index contributed by atoms with van der Waals surface area (Å²) >= 11 is 0. The molecule has 2 atom stereocenters. The maximum Gasteiger partial charge on any atom is 0.410 e. The van der Waals surface area contributed by atoms with Gasteiger partial charge in [-0.2, -0.15) is 0 Å². The van der Waals surface area contributed by atoms with E-state index >= 15 is 0 Å². The van der Waals surface area contributed by atoms with Crippen LogP contribution < -0.4 is 0 Å². The van der Waals surface area contributed by atoms with Crippen molar-refractivity contribution in [1.82, 2.24) is 9.80 Å². The molecule has 1 aromatic carbocycles. The van der Waals surface area contributed by atoms with Gasteiger partial charge in [-0.05, 0) is 51.0 Å². The van der Waals surface area contributed by atoms with Gasteiger partial charge in [-0.3, -0.25) is 0 Å². The van der Waals surface area contributed by atoms with E-state index in [4.69, 9.17) is 9.47 Å². The zero-order chi connectivity index (χ0) is 19.4. The molecular formula is C21H30N2O4. The molecule has 2 fully saturated rings. The molecule has 148 valence electrons. The quantitative estimate of drug-likeness (QED) is 0.788. The molecule has 0 aromatic heterocycles. The Morgan fingerprint density at radius 2 is 1.56 bits per heavy atom. The summed E-state index contributed by atoms with van der Waals surface area (Å²) in [6, 6.07) is 9.72. The number of rotatable bonds is 2. The predicted molar refractivity (Wildman–Crippen MR) is 102 cm³/mol. The number of ether oxygens (including phenoxy) is 2. The summed E-state index contributed by atoms with van der Waals surface area (Å²) in [6.07, 6.45) is 1.31. The van der Waals surface area contributed by atoms with E-state index in [2.05, 4.69) is 0 Å². The van der Waals surface area contributed by atoms with Crippen LogP contribution in [0.1, 0.15) is 39.2 Å². The minimum Gasteiger partial charge on any atom is -0.445 e. The van der Waals surface area contributed by atoms with Crippen LogP contribution in [0, 0.1) is 11.8 Å². The fourth-order valence-electron chi connectivity index (χ4n) is 3.82. The van der Waals surface area contributed by atoms with Gasteiger partial charge in [-0.1, -0.05) is 30.3 Å². The van der Waals surface area contributed by atoms with Crippen molar-refractivity contribution in [2.75, 3.05) is 26.2 Å². The van der Waals surface area contributed by atoms with Crippen molar-refractivity contribution in [2.45, 2.75) is 45.8 Å². The highest BCUT2D eigenvalue weighted by atomic mass is 16.6. The monoisotopic (exact) mass is 374 g/mol. The number of hydrogen-bond acceptors (Lipinski definition) is 4. The van der Waals surface area contributed by atoms with Gasteiger partial charge in [0.2, 0.25) is 0 Å². The lowest BCUT2D eigenvalue weighted by Crippen LogP contribution is -2.37. The molecular weight excluding hydrogens is 344 g/mol. The Hall–Kier alpha value is -2.24. The van der Waals surface area contributed by atoms with E-state index < -0.39 is 5.60 Å². The SMILES string of the molecule is CC(C)(C)OC(=O)N1CC2CCN(C(=O)OCc3ccccc3)CCC2C1. The third kappa shape index (κ3) is 5.37. The van der Waals surface area contributed by atoms with Crippen molar-refractivity contribution < 1.29 is 19.1 Å². The van der Waals surface area contributed by atoms with Gasteiger partial charge in [0.25, 0.3) is 0 Å². The second-order valence-corrected chi connectivity index (χ2v) is 8.51. The Morgan fingerprint density at radius 1 is 0.963 bits per heavy atom. The first-order chi connectivity index (χ1) is 12.8. The number of amides is 2. The molecule has 6 heteroatoms. The first-order valence-electron chi connectivity index (χ1n) is 9.75. The molecule has 0 spiro atoms. The maximum atomic E-state index is 12.4. The fourth-order valence-corrected chi connectivity index (χ4v) is 3.82. The van der Waals surface area contributed by atoms with Crippen molar-refractivity contribution in [1.29, 1.82) is 0 Å². The summed E-state index contributed by atoms with van der Waals surface area (Å²) in [7, 11) is 0. The number of carbonyl (C=O) groups excluding carboxylic acids is 2. The highest BCUT2D eigenvalue weighted by Gasteiger charge is 2.39. The van der Waals surface area contributed by atoms with Crippen LogP contribution in [0.25, 0.3) is 0 Å². The molecule has 1 aromatic rings. The Labute approximate surface area is 161 Å². The summed E-state index contributed by atoms with van der Waals surface area (Å²) in [6.45, 7) is 8.75. The maximum absolute atomic E-state index is 12.4. The molecule has 2 heterocycles. The van der Waals surface area contributed by atoms with E-state index in [0.29, 0.717) is 44.6 Å². The summed E-state index contributed by atoms with van der Waals surface area (Å²) < 4.78 is 11.0. The van der Waals surface area contributed by atoms with Gasteiger partial charge >= 0.3 is 12.2 Å². The molecule has 0 radical (unpaired) electrons. The first kappa shape index (κ1) is 19.5. The number of likely N-dealkylation sites (tertiary alicyclic amines) is 2. The Balaban J connectivity index is 1.47. The number of carbonyl (C=O) groups is 2. The van der Waals surface area contributed by atoms with Crippen LogP contribution in [0.2, 0.25) is 0 Å². The van der Waals surface area contributed by atoms with Gasteiger partial charge in [-0.15, -0.1) is 0 Å². The Morgan fingerprint density at radius 3 is 2.11 bits per heavy atom. The molecule has 6 nitrogen and oxygen atoms in total. The average molecular weight is 374 g/mol. The molecule has 2 unspecified atom stereocenters. The van der Waals surface area contributed by atoms with Gasteiger partial charge in [0, 0.05) is 26.2 Å². The van der Waals surface area contributed by atoms with Crippen molar-refractivity contribution in [3.05, 3.63) is 35.9 Å². The van der Waals surface area contributed by atoms with Gasteiger partial charge in [0.15, 0.2) is 0 Å². The second kappa shape index (κ2) is 8.19. The smallest absolute Gasteiger partial charge is 0.410 e. The largest absolute Gasteiger partial charge is 0.445 e. The van der Waals surface area contributed by atoms with E-state index in [1.54, 1.807) is 4.90 Å². The third-order valence-corrected chi connectivity index (χ3v) is 5.23. The zero-order valence-electron chi connectivity index (χ0n) is 16.5. The van der Waals surface area contributed by atoms with Crippen LogP contribution >= 0.6 is 0 Å². The van der Waals surface area contributed by atoms with Crippen molar-refractivity contribution >= 4 is 12.2 Å². The van der Waals surface area contributed by atoms with Crippen molar-refractivity contribution in [2.24, 2.45) is 11.8 Å². The predicted octanol–water partition coefficient (Wildman–Crippen LogP) is 3.90. The lowest BCUT2D eigenvalue weighted by molar-refractivity contribution is 0.0279. The minimum atomic E-state index is -0.471. The summed E-state index contributed by atoms with van der Waals surface area (Å²) in [5, 5.41) is 0. The molecule has 0 aliphatic carbocycles. The number of hydrogen-bond donors (Lipinski definition) is 0. The lowest BCUT2D eigenvalue weighted by atomic mass is 9.92. The normalized spacial score (nSPS) is 22.8. The van der Waals surface area contributed by atoms with Crippen molar-refractivity contribution in [3.63, 3.8) is 0 Å². The number of fused-ring (bicyclic) bond motifs is 1. The van der Waals surface area contributed by atoms with E-state index in [1.807, 2.05) is 56.0 Å². The van der Waals surface area contributed by atoms with Gasteiger partial charge in [-0.25, -0.2) is 9.59 Å².